The number of nitrogens with one attached hydrogen (secondary N) is 1. The van der Waals surface area contributed by atoms with Crippen LogP contribution < -0.4 is 0 Å². The molecule has 16 heavy (non-hydrogen) atoms. The molecule has 0 saturated carbocycles. The molecule has 3 nitrogen and oxygen atoms in total. The molecule has 1 aromatic carbocycles. The number of hydrogen-bond acceptors (Lipinski definition) is 2. The fourth-order valence-electron chi connectivity index (χ4n) is 1.67. The smallest absolute Gasteiger partial charge is 0.0868 e. The quantitative estimate of drug-likeness (QED) is 0.836. The molecule has 0 unspecified atom stereocenters. The van der Waals surface area contributed by atoms with E-state index < -0.39 is 0 Å². The number of H-pyrrole nitrogens is 1. The molecule has 0 atom stereocenters. The standard InChI is InChI=1S/C13H17N3/c1-13(2,3)11-6-4-5-10(7-11)8-12-9-14-16-15-12/h4-7,9H,8H2,1-3H3,(H,14,15,16). The predicted octanol–water partition coefficient (Wildman–Crippen LogP) is 2.69. The fourth-order valence-corrected chi connectivity index (χ4v) is 1.67. The number of hydrogen-bond donors (Lipinski definition) is 1. The fraction of sp³-hybridized carbons (Fsp3) is 0.385. The van der Waals surface area contributed by atoms with E-state index in [0.717, 1.165) is 12.1 Å². The van der Waals surface area contributed by atoms with E-state index in [4.69, 9.17) is 0 Å². The topological polar surface area (TPSA) is 41.6 Å². The Morgan fingerprint density at radius 1 is 1.25 bits per heavy atom. The van der Waals surface area contributed by atoms with Gasteiger partial charge >= 0.3 is 0 Å². The van der Waals surface area contributed by atoms with E-state index in [2.05, 4.69) is 60.4 Å². The summed E-state index contributed by atoms with van der Waals surface area (Å²) in [4.78, 5) is 0. The van der Waals surface area contributed by atoms with Gasteiger partial charge in [0.2, 0.25) is 0 Å². The third-order valence-corrected chi connectivity index (χ3v) is 2.64. The van der Waals surface area contributed by atoms with Gasteiger partial charge in [-0.3, -0.25) is 0 Å². The molecule has 0 bridgehead atoms. The largest absolute Gasteiger partial charge is 0.198 e. The van der Waals surface area contributed by atoms with E-state index >= 15 is 0 Å². The van der Waals surface area contributed by atoms with Crippen LogP contribution >= 0.6 is 0 Å². The lowest BCUT2D eigenvalue weighted by Crippen LogP contribution is -2.11. The molecular formula is C13H17N3. The first kappa shape index (κ1) is 10.9. The van der Waals surface area contributed by atoms with Gasteiger partial charge in [-0.1, -0.05) is 45.0 Å². The van der Waals surface area contributed by atoms with Gasteiger partial charge in [0.15, 0.2) is 0 Å². The van der Waals surface area contributed by atoms with Crippen molar-refractivity contribution in [1.82, 2.24) is 15.4 Å². The van der Waals surface area contributed by atoms with Gasteiger partial charge in [-0.05, 0) is 16.5 Å². The summed E-state index contributed by atoms with van der Waals surface area (Å²) in [6.45, 7) is 6.67. The summed E-state index contributed by atoms with van der Waals surface area (Å²) in [6.07, 6.45) is 2.60. The molecule has 0 saturated heterocycles. The van der Waals surface area contributed by atoms with Crippen LogP contribution in [0.4, 0.5) is 0 Å². The van der Waals surface area contributed by atoms with Crippen molar-refractivity contribution in [1.29, 1.82) is 0 Å². The van der Waals surface area contributed by atoms with Crippen LogP contribution in [0.3, 0.4) is 0 Å². The molecular weight excluding hydrogens is 198 g/mol. The molecule has 2 aromatic rings. The Bertz CT molecular complexity index is 452. The van der Waals surface area contributed by atoms with Crippen LogP contribution in [0.5, 0.6) is 0 Å². The minimum atomic E-state index is 0.194. The Morgan fingerprint density at radius 3 is 2.69 bits per heavy atom. The van der Waals surface area contributed by atoms with Crippen molar-refractivity contribution in [3.05, 3.63) is 47.3 Å². The van der Waals surface area contributed by atoms with Crippen LogP contribution in [0.1, 0.15) is 37.6 Å². The molecule has 0 aliphatic heterocycles. The van der Waals surface area contributed by atoms with Crippen molar-refractivity contribution in [3.63, 3.8) is 0 Å². The summed E-state index contributed by atoms with van der Waals surface area (Å²) in [5.74, 6) is 0. The van der Waals surface area contributed by atoms with Crippen molar-refractivity contribution in [3.8, 4) is 0 Å². The SMILES string of the molecule is CC(C)(C)c1cccc(Cc2cn[nH]n2)c1. The normalized spacial score (nSPS) is 11.7. The zero-order valence-electron chi connectivity index (χ0n) is 9.99. The number of aromatic amines is 1. The second-order valence-corrected chi connectivity index (χ2v) is 5.09. The molecule has 84 valence electrons. The predicted molar refractivity (Wildman–Crippen MR) is 64.3 cm³/mol. The zero-order chi connectivity index (χ0) is 11.6. The van der Waals surface area contributed by atoms with Crippen LogP contribution in [-0.4, -0.2) is 15.4 Å². The summed E-state index contributed by atoms with van der Waals surface area (Å²) < 4.78 is 0. The third-order valence-electron chi connectivity index (χ3n) is 2.64. The molecule has 0 spiro atoms. The average Bonchev–Trinajstić information content (AvgIpc) is 2.70. The monoisotopic (exact) mass is 215 g/mol. The first-order valence-electron chi connectivity index (χ1n) is 5.50. The second kappa shape index (κ2) is 4.08. The van der Waals surface area contributed by atoms with Crippen LogP contribution in [0.25, 0.3) is 0 Å². The molecule has 0 aliphatic carbocycles. The molecule has 1 N–H and O–H groups in total. The highest BCUT2D eigenvalue weighted by molar-refractivity contribution is 5.30. The molecule has 1 aromatic heterocycles. The first-order chi connectivity index (χ1) is 7.55. The van der Waals surface area contributed by atoms with Gasteiger partial charge < -0.3 is 0 Å². The van der Waals surface area contributed by atoms with Gasteiger partial charge in [0.05, 0.1) is 11.9 Å². The number of rotatable bonds is 2. The lowest BCUT2D eigenvalue weighted by molar-refractivity contribution is 0.589. The van der Waals surface area contributed by atoms with E-state index in [9.17, 15) is 0 Å². The lowest BCUT2D eigenvalue weighted by atomic mass is 9.86. The van der Waals surface area contributed by atoms with E-state index in [1.54, 1.807) is 6.20 Å². The van der Waals surface area contributed by atoms with Crippen molar-refractivity contribution in [2.75, 3.05) is 0 Å². The number of benzene rings is 1. The van der Waals surface area contributed by atoms with Gasteiger partial charge in [-0.15, -0.1) is 0 Å². The minimum Gasteiger partial charge on any atom is -0.198 e. The molecule has 1 heterocycles. The van der Waals surface area contributed by atoms with Gasteiger partial charge in [-0.2, -0.15) is 15.4 Å². The molecule has 0 fully saturated rings. The number of nitrogens with zero attached hydrogens (tertiary/aromatic N) is 2. The van der Waals surface area contributed by atoms with Gasteiger partial charge in [-0.25, -0.2) is 0 Å². The molecule has 0 aliphatic rings. The molecule has 0 amide bonds. The average molecular weight is 215 g/mol. The zero-order valence-corrected chi connectivity index (χ0v) is 9.99. The molecule has 0 radical (unpaired) electrons. The summed E-state index contributed by atoms with van der Waals surface area (Å²) in [5, 5.41) is 10.5. The van der Waals surface area contributed by atoms with Crippen molar-refractivity contribution in [2.45, 2.75) is 32.6 Å². The Labute approximate surface area is 95.9 Å². The maximum Gasteiger partial charge on any atom is 0.0868 e. The summed E-state index contributed by atoms with van der Waals surface area (Å²) in [7, 11) is 0. The van der Waals surface area contributed by atoms with Crippen LogP contribution in [-0.2, 0) is 11.8 Å². The van der Waals surface area contributed by atoms with Crippen LogP contribution in [0.15, 0.2) is 30.5 Å². The second-order valence-electron chi connectivity index (χ2n) is 5.09. The highest BCUT2D eigenvalue weighted by Gasteiger charge is 2.13. The van der Waals surface area contributed by atoms with E-state index in [1.807, 2.05) is 0 Å². The van der Waals surface area contributed by atoms with Crippen LogP contribution in [0.2, 0.25) is 0 Å². The Morgan fingerprint density at radius 2 is 2.06 bits per heavy atom. The summed E-state index contributed by atoms with van der Waals surface area (Å²) in [6, 6.07) is 8.65. The van der Waals surface area contributed by atoms with E-state index in [0.29, 0.717) is 0 Å². The highest BCUT2D eigenvalue weighted by Crippen LogP contribution is 2.23. The Hall–Kier alpha value is -1.64. The minimum absolute atomic E-state index is 0.194. The Balaban J connectivity index is 2.23. The Kier molecular flexibility index (Phi) is 2.77. The summed E-state index contributed by atoms with van der Waals surface area (Å²) in [5.41, 5.74) is 3.81. The maximum absolute atomic E-state index is 4.07. The maximum atomic E-state index is 4.07. The van der Waals surface area contributed by atoms with E-state index in [-0.39, 0.29) is 5.41 Å². The van der Waals surface area contributed by atoms with Crippen LogP contribution in [0, 0.1) is 0 Å². The number of aromatic nitrogens is 3. The summed E-state index contributed by atoms with van der Waals surface area (Å²) >= 11 is 0. The molecule has 3 heteroatoms. The third kappa shape index (κ3) is 2.48. The van der Waals surface area contributed by atoms with Gasteiger partial charge in [0, 0.05) is 6.42 Å². The highest BCUT2D eigenvalue weighted by atomic mass is 15.3. The van der Waals surface area contributed by atoms with Gasteiger partial charge in [0.25, 0.3) is 0 Å². The van der Waals surface area contributed by atoms with E-state index in [1.165, 1.54) is 11.1 Å². The van der Waals surface area contributed by atoms with Crippen molar-refractivity contribution >= 4 is 0 Å². The van der Waals surface area contributed by atoms with Crippen molar-refractivity contribution < 1.29 is 0 Å². The van der Waals surface area contributed by atoms with Crippen molar-refractivity contribution in [2.24, 2.45) is 0 Å². The van der Waals surface area contributed by atoms with Gasteiger partial charge in [0.1, 0.15) is 0 Å². The molecule has 2 rings (SSSR count). The first-order valence-corrected chi connectivity index (χ1v) is 5.50. The lowest BCUT2D eigenvalue weighted by Gasteiger charge is -2.19.